The molecule has 1 saturated carbocycles. The molecule has 1 saturated heterocycles. The molecule has 1 aliphatic carbocycles. The van der Waals surface area contributed by atoms with E-state index in [1.807, 2.05) is 0 Å². The van der Waals surface area contributed by atoms with Gasteiger partial charge in [-0.3, -0.25) is 0 Å². The Kier molecular flexibility index (Phi) is 4.03. The van der Waals surface area contributed by atoms with Gasteiger partial charge in [0.25, 0.3) is 6.43 Å². The predicted octanol–water partition coefficient (Wildman–Crippen LogP) is 2.87. The summed E-state index contributed by atoms with van der Waals surface area (Å²) < 4.78 is 26.0. The fourth-order valence-corrected chi connectivity index (χ4v) is 3.58. The number of rotatable bonds is 3. The van der Waals surface area contributed by atoms with Crippen molar-refractivity contribution in [2.75, 3.05) is 18.4 Å². The third-order valence-corrected chi connectivity index (χ3v) is 4.58. The second-order valence-corrected chi connectivity index (χ2v) is 6.18. The molecule has 2 N–H and O–H groups in total. The van der Waals surface area contributed by atoms with E-state index < -0.39 is 12.5 Å². The van der Waals surface area contributed by atoms with Gasteiger partial charge in [0.05, 0.1) is 5.56 Å². The van der Waals surface area contributed by atoms with Crippen molar-refractivity contribution in [3.8, 4) is 0 Å². The van der Waals surface area contributed by atoms with Crippen molar-refractivity contribution in [1.29, 1.82) is 0 Å². The molecular formula is C13H15ClF2N4O2. The van der Waals surface area contributed by atoms with Gasteiger partial charge in [-0.05, 0) is 30.7 Å². The first-order valence-corrected chi connectivity index (χ1v) is 7.37. The van der Waals surface area contributed by atoms with E-state index >= 15 is 0 Å². The van der Waals surface area contributed by atoms with E-state index in [4.69, 9.17) is 16.7 Å². The first-order chi connectivity index (χ1) is 10.4. The Morgan fingerprint density at radius 2 is 2.00 bits per heavy atom. The van der Waals surface area contributed by atoms with Crippen LogP contribution in [0.15, 0.2) is 6.07 Å². The number of aromatic nitrogens is 2. The Morgan fingerprint density at radius 1 is 1.36 bits per heavy atom. The van der Waals surface area contributed by atoms with Gasteiger partial charge in [-0.15, -0.1) is 10.2 Å². The number of carboxylic acid groups (broad SMARTS) is 1. The highest BCUT2D eigenvalue weighted by Gasteiger charge is 2.42. The zero-order valence-electron chi connectivity index (χ0n) is 11.5. The monoisotopic (exact) mass is 332 g/mol. The van der Waals surface area contributed by atoms with Crippen LogP contribution in [0.2, 0.25) is 5.15 Å². The van der Waals surface area contributed by atoms with Gasteiger partial charge < -0.3 is 15.3 Å². The molecule has 2 fully saturated rings. The molecule has 2 heterocycles. The predicted molar refractivity (Wildman–Crippen MR) is 75.2 cm³/mol. The first-order valence-electron chi connectivity index (χ1n) is 6.99. The number of nitrogens with one attached hydrogen (secondary N) is 1. The lowest BCUT2D eigenvalue weighted by Crippen LogP contribution is -2.29. The number of hydrogen-bond acceptors (Lipinski definition) is 4. The van der Waals surface area contributed by atoms with Crippen molar-refractivity contribution >= 4 is 23.5 Å². The van der Waals surface area contributed by atoms with Crippen LogP contribution in [0.25, 0.3) is 0 Å². The maximum absolute atomic E-state index is 13.0. The highest BCUT2D eigenvalue weighted by molar-refractivity contribution is 6.29. The van der Waals surface area contributed by atoms with Crippen LogP contribution in [-0.2, 0) is 0 Å². The molecule has 0 spiro atoms. The molecule has 1 amide bonds. The minimum absolute atomic E-state index is 0.001000. The molecular weight excluding hydrogens is 318 g/mol. The summed E-state index contributed by atoms with van der Waals surface area (Å²) in [5, 5.41) is 19.3. The van der Waals surface area contributed by atoms with Crippen molar-refractivity contribution in [1.82, 2.24) is 15.1 Å². The Bertz CT molecular complexity index is 575. The smallest absolute Gasteiger partial charge is 0.407 e. The number of likely N-dealkylation sites (tertiary alicyclic amines) is 1. The van der Waals surface area contributed by atoms with Crippen molar-refractivity contribution in [3.05, 3.63) is 16.8 Å². The number of alkyl halides is 2. The fraction of sp³-hybridized carbons (Fsp3) is 0.615. The zero-order chi connectivity index (χ0) is 15.9. The Hall–Kier alpha value is -1.70. The van der Waals surface area contributed by atoms with Crippen LogP contribution in [0, 0.1) is 11.8 Å². The van der Waals surface area contributed by atoms with Gasteiger partial charge in [-0.1, -0.05) is 11.6 Å². The van der Waals surface area contributed by atoms with Gasteiger partial charge in [-0.25, -0.2) is 13.6 Å². The summed E-state index contributed by atoms with van der Waals surface area (Å²) in [7, 11) is 0. The summed E-state index contributed by atoms with van der Waals surface area (Å²) in [6.07, 6.45) is -2.11. The summed E-state index contributed by atoms with van der Waals surface area (Å²) in [4.78, 5) is 12.4. The van der Waals surface area contributed by atoms with Crippen LogP contribution in [-0.4, -0.2) is 45.4 Å². The lowest BCUT2D eigenvalue weighted by molar-refractivity contribution is 0.150. The number of fused-ring (bicyclic) bond motifs is 1. The second kappa shape index (κ2) is 5.83. The molecule has 1 aliphatic heterocycles. The largest absolute Gasteiger partial charge is 0.465 e. The number of carbonyl (C=O) groups is 1. The van der Waals surface area contributed by atoms with Crippen molar-refractivity contribution in [2.24, 2.45) is 11.8 Å². The van der Waals surface area contributed by atoms with E-state index in [1.165, 1.54) is 4.90 Å². The van der Waals surface area contributed by atoms with E-state index in [0.29, 0.717) is 13.1 Å². The second-order valence-electron chi connectivity index (χ2n) is 5.79. The molecule has 3 rings (SSSR count). The van der Waals surface area contributed by atoms with E-state index in [2.05, 4.69) is 15.5 Å². The highest BCUT2D eigenvalue weighted by Crippen LogP contribution is 2.40. The average molecular weight is 333 g/mol. The van der Waals surface area contributed by atoms with Crippen LogP contribution >= 0.6 is 11.6 Å². The SMILES string of the molecule is O=C(O)N1C[C@H]2CC(Nc3nnc(Cl)cc3C(F)F)C[C@H]2C1. The molecule has 2 aliphatic rings. The summed E-state index contributed by atoms with van der Waals surface area (Å²) in [6.45, 7) is 1.01. The normalized spacial score (nSPS) is 27.3. The summed E-state index contributed by atoms with van der Waals surface area (Å²) in [5.74, 6) is 0.590. The first kappa shape index (κ1) is 15.2. The van der Waals surface area contributed by atoms with Crippen molar-refractivity contribution < 1.29 is 18.7 Å². The minimum atomic E-state index is -2.68. The maximum atomic E-state index is 13.0. The molecule has 0 radical (unpaired) electrons. The van der Waals surface area contributed by atoms with E-state index in [-0.39, 0.29) is 34.4 Å². The zero-order valence-corrected chi connectivity index (χ0v) is 12.3. The summed E-state index contributed by atoms with van der Waals surface area (Å²) >= 11 is 5.61. The lowest BCUT2D eigenvalue weighted by atomic mass is 10.0. The van der Waals surface area contributed by atoms with Gasteiger partial charge in [-0.2, -0.15) is 0 Å². The third-order valence-electron chi connectivity index (χ3n) is 4.39. The molecule has 1 aromatic heterocycles. The fourth-order valence-electron chi connectivity index (χ4n) is 3.43. The van der Waals surface area contributed by atoms with Gasteiger partial charge in [0.2, 0.25) is 0 Å². The van der Waals surface area contributed by atoms with Crippen LogP contribution < -0.4 is 5.32 Å². The highest BCUT2D eigenvalue weighted by atomic mass is 35.5. The third kappa shape index (κ3) is 2.92. The van der Waals surface area contributed by atoms with Crippen LogP contribution in [0.5, 0.6) is 0 Å². The Labute approximate surface area is 130 Å². The molecule has 1 unspecified atom stereocenters. The Morgan fingerprint density at radius 3 is 2.55 bits per heavy atom. The van der Waals surface area contributed by atoms with Crippen LogP contribution in [0.4, 0.5) is 19.4 Å². The molecule has 1 aromatic rings. The van der Waals surface area contributed by atoms with Crippen LogP contribution in [0.3, 0.4) is 0 Å². The van der Waals surface area contributed by atoms with Gasteiger partial charge >= 0.3 is 6.09 Å². The lowest BCUT2D eigenvalue weighted by Gasteiger charge is -2.19. The van der Waals surface area contributed by atoms with Gasteiger partial charge in [0, 0.05) is 19.1 Å². The van der Waals surface area contributed by atoms with E-state index in [9.17, 15) is 13.6 Å². The average Bonchev–Trinajstić information content (AvgIpc) is 2.98. The van der Waals surface area contributed by atoms with E-state index in [0.717, 1.165) is 18.9 Å². The maximum Gasteiger partial charge on any atom is 0.407 e. The standard InChI is InChI=1S/C13H15ClF2N4O2/c14-10-3-9(11(15)16)12(19-18-10)17-8-1-6-4-20(13(21)22)5-7(6)2-8/h3,6-8,11H,1-2,4-5H2,(H,17,19)(H,21,22)/t6-,7+,8?. The number of anilines is 1. The molecule has 9 heteroatoms. The Balaban J connectivity index is 1.66. The number of halogens is 3. The van der Waals surface area contributed by atoms with Crippen molar-refractivity contribution in [2.45, 2.75) is 25.3 Å². The molecule has 6 nitrogen and oxygen atoms in total. The number of nitrogens with zero attached hydrogens (tertiary/aromatic N) is 3. The molecule has 3 atom stereocenters. The minimum Gasteiger partial charge on any atom is -0.465 e. The van der Waals surface area contributed by atoms with Crippen molar-refractivity contribution in [3.63, 3.8) is 0 Å². The quantitative estimate of drug-likeness (QED) is 0.890. The molecule has 0 bridgehead atoms. The molecule has 120 valence electrons. The van der Waals surface area contributed by atoms with Gasteiger partial charge in [0.1, 0.15) is 0 Å². The van der Waals surface area contributed by atoms with E-state index in [1.54, 1.807) is 0 Å². The summed E-state index contributed by atoms with van der Waals surface area (Å²) in [6, 6.07) is 1.11. The topological polar surface area (TPSA) is 78.4 Å². The number of hydrogen-bond donors (Lipinski definition) is 2. The number of amides is 1. The van der Waals surface area contributed by atoms with Gasteiger partial charge in [0.15, 0.2) is 11.0 Å². The molecule has 22 heavy (non-hydrogen) atoms. The van der Waals surface area contributed by atoms with Crippen LogP contribution in [0.1, 0.15) is 24.8 Å². The summed E-state index contributed by atoms with van der Waals surface area (Å²) in [5.41, 5.74) is -0.260. The molecule has 0 aromatic carbocycles.